The molecule has 0 unspecified atom stereocenters. The average molecular weight is 638 g/mol. The molecule has 0 amide bonds. The Kier molecular flexibility index (Phi) is 9.55. The van der Waals surface area contributed by atoms with Crippen LogP contribution in [-0.2, 0) is 21.0 Å². The molecular formula is C34H36ClNO9. The molecule has 0 bridgehead atoms. The van der Waals surface area contributed by atoms with E-state index in [9.17, 15) is 34.7 Å². The normalized spacial score (nSPS) is 13.5. The average Bonchev–Trinajstić information content (AvgIpc) is 2.90. The summed E-state index contributed by atoms with van der Waals surface area (Å²) in [7, 11) is 0. The Morgan fingerprint density at radius 1 is 0.822 bits per heavy atom. The summed E-state index contributed by atoms with van der Waals surface area (Å²) < 4.78 is 6.07. The van der Waals surface area contributed by atoms with Crippen LogP contribution in [0, 0.1) is 10.1 Å². The summed E-state index contributed by atoms with van der Waals surface area (Å²) in [4.78, 5) is 44.4. The van der Waals surface area contributed by atoms with Crippen molar-refractivity contribution in [2.24, 2.45) is 0 Å². The minimum atomic E-state index is -1.18. The van der Waals surface area contributed by atoms with E-state index in [0.29, 0.717) is 5.02 Å². The van der Waals surface area contributed by atoms with Crippen LogP contribution in [0.15, 0.2) is 48.5 Å². The number of hydrogen-bond acceptors (Lipinski definition) is 6. The van der Waals surface area contributed by atoms with Crippen molar-refractivity contribution >= 4 is 41.3 Å². The predicted molar refractivity (Wildman–Crippen MR) is 171 cm³/mol. The van der Waals surface area contributed by atoms with Crippen molar-refractivity contribution in [3.8, 4) is 11.5 Å². The van der Waals surface area contributed by atoms with Gasteiger partial charge in [-0.05, 0) is 52.3 Å². The smallest absolute Gasteiger partial charge is 0.339 e. The summed E-state index contributed by atoms with van der Waals surface area (Å²) in [6.07, 6.45) is 1.95. The molecule has 0 radical (unpaired) electrons. The number of rotatable bonds is 5. The number of benzene rings is 3. The molecule has 0 saturated carbocycles. The van der Waals surface area contributed by atoms with E-state index in [4.69, 9.17) is 21.4 Å². The van der Waals surface area contributed by atoms with Crippen molar-refractivity contribution in [2.45, 2.75) is 71.6 Å². The standard InChI is InChI=1S/C25H30O5.C9H6ClNO4/c1-23(2,3)13-9-15(21(26)27)19-17(11-13)25(7,8)18-12-14(24(4,5)6)10-16(22(28)29)20(18)30-19;10-7-2-3-8(11(14)15)6(5-7)1-4-9(12)13/h9-12H,1-8H3,(H,26,27)(H,28,29);1-5H,(H,12,13). The first kappa shape index (κ1) is 34.8. The van der Waals surface area contributed by atoms with Crippen LogP contribution in [-0.4, -0.2) is 38.2 Å². The van der Waals surface area contributed by atoms with Crippen LogP contribution < -0.4 is 4.74 Å². The van der Waals surface area contributed by atoms with Gasteiger partial charge in [-0.2, -0.15) is 0 Å². The van der Waals surface area contributed by atoms with Gasteiger partial charge in [0.05, 0.1) is 10.5 Å². The lowest BCUT2D eigenvalue weighted by molar-refractivity contribution is -0.385. The second-order valence-electron chi connectivity index (χ2n) is 13.3. The lowest BCUT2D eigenvalue weighted by Crippen LogP contribution is -2.29. The fraction of sp³-hybridized carbons (Fsp3) is 0.324. The van der Waals surface area contributed by atoms with E-state index < -0.39 is 28.2 Å². The number of fused-ring (bicyclic) bond motifs is 2. The monoisotopic (exact) mass is 637 g/mol. The van der Waals surface area contributed by atoms with E-state index in [0.717, 1.165) is 34.4 Å². The predicted octanol–water partition coefficient (Wildman–Crippen LogP) is 8.46. The van der Waals surface area contributed by atoms with Crippen LogP contribution in [0.5, 0.6) is 11.5 Å². The fourth-order valence-corrected chi connectivity index (χ4v) is 5.00. The third-order valence-electron chi connectivity index (χ3n) is 7.51. The summed E-state index contributed by atoms with van der Waals surface area (Å²) in [6, 6.07) is 11.2. The lowest BCUT2D eigenvalue weighted by Gasteiger charge is -2.38. The van der Waals surface area contributed by atoms with Crippen molar-refractivity contribution in [2.75, 3.05) is 0 Å². The molecule has 1 aliphatic rings. The highest BCUT2D eigenvalue weighted by Crippen LogP contribution is 2.52. The number of carboxylic acid groups (broad SMARTS) is 3. The number of nitro benzene ring substituents is 1. The number of hydrogen-bond donors (Lipinski definition) is 3. The van der Waals surface area contributed by atoms with Crippen molar-refractivity contribution in [1.82, 2.24) is 0 Å². The fourth-order valence-electron chi connectivity index (χ4n) is 4.82. The summed E-state index contributed by atoms with van der Waals surface area (Å²) in [6.45, 7) is 16.2. The van der Waals surface area contributed by atoms with Gasteiger partial charge < -0.3 is 20.1 Å². The molecular weight excluding hydrogens is 602 g/mol. The number of aromatic carboxylic acids is 2. The van der Waals surface area contributed by atoms with Crippen molar-refractivity contribution in [1.29, 1.82) is 0 Å². The molecule has 1 heterocycles. The third kappa shape index (κ3) is 7.51. The first-order valence-corrected chi connectivity index (χ1v) is 14.3. The molecule has 3 aromatic carbocycles. The Bertz CT molecular complexity index is 1660. The highest BCUT2D eigenvalue weighted by atomic mass is 35.5. The van der Waals surface area contributed by atoms with E-state index in [-0.39, 0.29) is 44.7 Å². The van der Waals surface area contributed by atoms with Gasteiger partial charge in [-0.1, -0.05) is 79.1 Å². The van der Waals surface area contributed by atoms with Crippen molar-refractivity contribution in [3.63, 3.8) is 0 Å². The summed E-state index contributed by atoms with van der Waals surface area (Å²) in [5, 5.41) is 39.0. The molecule has 0 aliphatic carbocycles. The van der Waals surface area contributed by atoms with Gasteiger partial charge in [0.15, 0.2) is 0 Å². The third-order valence-corrected chi connectivity index (χ3v) is 7.75. The van der Waals surface area contributed by atoms with Crippen LogP contribution in [0.4, 0.5) is 5.69 Å². The van der Waals surface area contributed by atoms with Gasteiger partial charge in [-0.15, -0.1) is 0 Å². The van der Waals surface area contributed by atoms with Crippen molar-refractivity contribution < 1.29 is 39.4 Å². The number of nitro groups is 1. The van der Waals surface area contributed by atoms with Crippen LogP contribution in [0.25, 0.3) is 6.08 Å². The zero-order chi connectivity index (χ0) is 34.2. The molecule has 11 heteroatoms. The van der Waals surface area contributed by atoms with Crippen molar-refractivity contribution in [3.05, 3.63) is 103 Å². The van der Waals surface area contributed by atoms with Crippen LogP contribution in [0.1, 0.15) is 104 Å². The molecule has 0 atom stereocenters. The Morgan fingerprint density at radius 3 is 1.62 bits per heavy atom. The highest BCUT2D eigenvalue weighted by Gasteiger charge is 2.40. The van der Waals surface area contributed by atoms with Crippen LogP contribution in [0.2, 0.25) is 5.02 Å². The topological polar surface area (TPSA) is 164 Å². The van der Waals surface area contributed by atoms with Gasteiger partial charge in [-0.25, -0.2) is 14.4 Å². The molecule has 238 valence electrons. The molecule has 0 spiro atoms. The molecule has 0 fully saturated rings. The second-order valence-corrected chi connectivity index (χ2v) is 13.7. The number of carboxylic acids is 3. The largest absolute Gasteiger partial charge is 0.478 e. The first-order chi connectivity index (χ1) is 20.5. The zero-order valence-corrected chi connectivity index (χ0v) is 27.1. The van der Waals surface area contributed by atoms with Gasteiger partial charge in [0, 0.05) is 33.7 Å². The second kappa shape index (κ2) is 12.4. The number of carbonyl (C=O) groups is 3. The Hall–Kier alpha value is -4.70. The zero-order valence-electron chi connectivity index (χ0n) is 26.3. The van der Waals surface area contributed by atoms with Gasteiger partial charge in [0.25, 0.3) is 5.69 Å². The van der Waals surface area contributed by atoms with Gasteiger partial charge in [0.1, 0.15) is 22.6 Å². The number of ether oxygens (including phenoxy) is 1. The molecule has 0 saturated heterocycles. The maximum Gasteiger partial charge on any atom is 0.339 e. The molecule has 3 N–H and O–H groups in total. The van der Waals surface area contributed by atoms with Gasteiger partial charge >= 0.3 is 17.9 Å². The molecule has 3 aromatic rings. The van der Waals surface area contributed by atoms with Gasteiger partial charge in [-0.3, -0.25) is 10.1 Å². The number of nitrogens with zero attached hydrogens (tertiary/aromatic N) is 1. The van der Waals surface area contributed by atoms with Crippen LogP contribution in [0.3, 0.4) is 0 Å². The first-order valence-electron chi connectivity index (χ1n) is 13.9. The summed E-state index contributed by atoms with van der Waals surface area (Å²) in [5.41, 5.74) is 2.22. The molecule has 1 aliphatic heterocycles. The van der Waals surface area contributed by atoms with Crippen LogP contribution >= 0.6 is 11.6 Å². The number of halogens is 1. The van der Waals surface area contributed by atoms with E-state index in [2.05, 4.69) is 0 Å². The van der Waals surface area contributed by atoms with Gasteiger partial charge in [0.2, 0.25) is 0 Å². The molecule has 10 nitrogen and oxygen atoms in total. The minimum Gasteiger partial charge on any atom is -0.478 e. The maximum absolute atomic E-state index is 12.1. The molecule has 0 aromatic heterocycles. The number of aliphatic carboxylic acids is 1. The van der Waals surface area contributed by atoms with E-state index in [1.165, 1.54) is 18.2 Å². The molecule has 4 rings (SSSR count). The Morgan fingerprint density at radius 2 is 1.27 bits per heavy atom. The maximum atomic E-state index is 12.1. The molecule has 45 heavy (non-hydrogen) atoms. The summed E-state index contributed by atoms with van der Waals surface area (Å²) in [5.74, 6) is -2.93. The Balaban J connectivity index is 0.000000309. The van der Waals surface area contributed by atoms with E-state index >= 15 is 0 Å². The SMILES string of the molecule is CC(C)(C)c1cc(C(=O)O)c2c(c1)C(C)(C)c1cc(C(C)(C)C)cc(C(=O)O)c1O2.O=C(O)C=Cc1cc(Cl)ccc1[N+](=O)[O-]. The minimum absolute atomic E-state index is 0.0485. The lowest BCUT2D eigenvalue weighted by atomic mass is 9.70. The summed E-state index contributed by atoms with van der Waals surface area (Å²) >= 11 is 5.63. The van der Waals surface area contributed by atoms with E-state index in [1.54, 1.807) is 12.1 Å². The Labute approximate surface area is 266 Å². The highest BCUT2D eigenvalue weighted by molar-refractivity contribution is 6.30. The van der Waals surface area contributed by atoms with E-state index in [1.807, 2.05) is 67.5 Å². The quantitative estimate of drug-likeness (QED) is 0.141.